The van der Waals surface area contributed by atoms with Gasteiger partial charge in [0.1, 0.15) is 0 Å². The summed E-state index contributed by atoms with van der Waals surface area (Å²) < 4.78 is 0. The molecule has 0 spiro atoms. The molecule has 3 rings (SSSR count). The molecule has 4 N–H and O–H groups in total. The Balaban J connectivity index is 1.73. The molecule has 1 atom stereocenters. The van der Waals surface area contributed by atoms with Crippen LogP contribution < -0.4 is 16.4 Å². The van der Waals surface area contributed by atoms with Crippen molar-refractivity contribution in [3.8, 4) is 0 Å². The van der Waals surface area contributed by atoms with Crippen molar-refractivity contribution in [1.29, 1.82) is 0 Å². The van der Waals surface area contributed by atoms with Crippen molar-refractivity contribution in [2.24, 2.45) is 5.73 Å². The summed E-state index contributed by atoms with van der Waals surface area (Å²) in [4.78, 5) is 27.1. The molecule has 0 bridgehead atoms. The van der Waals surface area contributed by atoms with Crippen LogP contribution in [0.3, 0.4) is 0 Å². The predicted molar refractivity (Wildman–Crippen MR) is 108 cm³/mol. The Morgan fingerprint density at radius 2 is 1.89 bits per heavy atom. The Kier molecular flexibility index (Phi) is 6.08. The third kappa shape index (κ3) is 4.65. The number of carbonyl (C=O) groups excluding carboxylic acids is 2. The lowest BCUT2D eigenvalue weighted by Gasteiger charge is -2.35. The zero-order valence-electron chi connectivity index (χ0n) is 15.6. The normalized spacial score (nSPS) is 16.7. The number of piperidine rings is 1. The van der Waals surface area contributed by atoms with E-state index in [1.54, 1.807) is 12.1 Å². The minimum Gasteiger partial charge on any atom is -0.334 e. The molecule has 1 aliphatic heterocycles. The van der Waals surface area contributed by atoms with E-state index in [1.807, 2.05) is 48.2 Å². The minimum absolute atomic E-state index is 0.0309. The minimum atomic E-state index is -0.341. The lowest BCUT2D eigenvalue weighted by atomic mass is 10.0. The summed E-state index contributed by atoms with van der Waals surface area (Å²) in [6.45, 7) is 3.10. The summed E-state index contributed by atoms with van der Waals surface area (Å²) in [7, 11) is 0. The van der Waals surface area contributed by atoms with Gasteiger partial charge < -0.3 is 21.3 Å². The van der Waals surface area contributed by atoms with Crippen LogP contribution in [-0.4, -0.2) is 36.0 Å². The zero-order chi connectivity index (χ0) is 19.2. The number of urea groups is 1. The van der Waals surface area contributed by atoms with Gasteiger partial charge in [0.15, 0.2) is 0 Å². The van der Waals surface area contributed by atoms with Gasteiger partial charge in [0.25, 0.3) is 5.91 Å². The summed E-state index contributed by atoms with van der Waals surface area (Å²) >= 11 is 0. The second-order valence-corrected chi connectivity index (χ2v) is 6.86. The monoisotopic (exact) mass is 366 g/mol. The van der Waals surface area contributed by atoms with Gasteiger partial charge in [-0.3, -0.25) is 4.79 Å². The van der Waals surface area contributed by atoms with Crippen molar-refractivity contribution >= 4 is 23.3 Å². The zero-order valence-corrected chi connectivity index (χ0v) is 15.6. The van der Waals surface area contributed by atoms with Crippen LogP contribution >= 0.6 is 0 Å². The second kappa shape index (κ2) is 8.68. The van der Waals surface area contributed by atoms with Gasteiger partial charge in [0.2, 0.25) is 0 Å². The molecule has 0 aromatic heterocycles. The highest BCUT2D eigenvalue weighted by atomic mass is 16.2. The first kappa shape index (κ1) is 18.9. The van der Waals surface area contributed by atoms with Crippen LogP contribution in [0.1, 0.15) is 35.2 Å². The third-order valence-electron chi connectivity index (χ3n) is 4.92. The molecule has 6 nitrogen and oxygen atoms in total. The number of para-hydroxylation sites is 1. The summed E-state index contributed by atoms with van der Waals surface area (Å²) in [6, 6.07) is 14.4. The summed E-state index contributed by atoms with van der Waals surface area (Å²) in [5, 5.41) is 5.62. The number of hydrogen-bond acceptors (Lipinski definition) is 3. The molecule has 0 aliphatic carbocycles. The molecular formula is C21H26N4O2. The standard InChI is InChI=1S/C21H26N4O2/c1-15-10-11-16(20(26)25-12-6-5-9-18(25)14-22)13-19(15)24-21(27)23-17-7-3-2-4-8-17/h2-4,7-8,10-11,13,18H,5-6,9,12,14,22H2,1H3,(H2,23,24,27). The Morgan fingerprint density at radius 3 is 2.63 bits per heavy atom. The highest BCUT2D eigenvalue weighted by Crippen LogP contribution is 2.22. The average Bonchev–Trinajstić information content (AvgIpc) is 2.69. The molecule has 1 saturated heterocycles. The number of nitrogens with zero attached hydrogens (tertiary/aromatic N) is 1. The van der Waals surface area contributed by atoms with E-state index in [0.29, 0.717) is 23.5 Å². The lowest BCUT2D eigenvalue weighted by molar-refractivity contribution is 0.0623. The molecule has 3 amide bonds. The molecule has 2 aromatic rings. The van der Waals surface area contributed by atoms with Crippen molar-refractivity contribution in [2.75, 3.05) is 23.7 Å². The van der Waals surface area contributed by atoms with E-state index in [1.165, 1.54) is 0 Å². The maximum absolute atomic E-state index is 13.0. The van der Waals surface area contributed by atoms with E-state index in [-0.39, 0.29) is 18.0 Å². The number of benzene rings is 2. The number of anilines is 2. The van der Waals surface area contributed by atoms with Crippen molar-refractivity contribution in [1.82, 2.24) is 4.90 Å². The van der Waals surface area contributed by atoms with Crippen molar-refractivity contribution in [3.63, 3.8) is 0 Å². The quantitative estimate of drug-likeness (QED) is 0.773. The van der Waals surface area contributed by atoms with Crippen LogP contribution in [-0.2, 0) is 0 Å². The van der Waals surface area contributed by atoms with Gasteiger partial charge >= 0.3 is 6.03 Å². The van der Waals surface area contributed by atoms with E-state index in [0.717, 1.165) is 31.4 Å². The lowest BCUT2D eigenvalue weighted by Crippen LogP contribution is -2.47. The summed E-state index contributed by atoms with van der Waals surface area (Å²) in [6.07, 6.45) is 3.05. The Bertz CT molecular complexity index is 807. The smallest absolute Gasteiger partial charge is 0.323 e. The maximum atomic E-state index is 13.0. The maximum Gasteiger partial charge on any atom is 0.323 e. The SMILES string of the molecule is Cc1ccc(C(=O)N2CCCCC2CN)cc1NC(=O)Nc1ccccc1. The Labute approximate surface area is 159 Å². The number of nitrogens with two attached hydrogens (primary N) is 1. The van der Waals surface area contributed by atoms with E-state index < -0.39 is 0 Å². The summed E-state index contributed by atoms with van der Waals surface area (Å²) in [5.41, 5.74) is 8.63. The van der Waals surface area contributed by atoms with Gasteiger partial charge in [-0.15, -0.1) is 0 Å². The van der Waals surface area contributed by atoms with Gasteiger partial charge in [-0.05, 0) is 56.0 Å². The van der Waals surface area contributed by atoms with Crippen LogP contribution in [0.4, 0.5) is 16.2 Å². The van der Waals surface area contributed by atoms with E-state index in [4.69, 9.17) is 5.73 Å². The van der Waals surface area contributed by atoms with Crippen LogP contribution in [0.15, 0.2) is 48.5 Å². The van der Waals surface area contributed by atoms with E-state index in [9.17, 15) is 9.59 Å². The fourth-order valence-electron chi connectivity index (χ4n) is 3.37. The van der Waals surface area contributed by atoms with Gasteiger partial charge in [0, 0.05) is 36.1 Å². The largest absolute Gasteiger partial charge is 0.334 e. The van der Waals surface area contributed by atoms with Crippen LogP contribution in [0.2, 0.25) is 0 Å². The van der Waals surface area contributed by atoms with Crippen molar-refractivity contribution in [3.05, 3.63) is 59.7 Å². The molecule has 0 saturated carbocycles. The highest BCUT2D eigenvalue weighted by Gasteiger charge is 2.26. The molecule has 1 fully saturated rings. The van der Waals surface area contributed by atoms with Gasteiger partial charge in [-0.25, -0.2) is 4.79 Å². The number of likely N-dealkylation sites (tertiary alicyclic amines) is 1. The molecule has 1 unspecified atom stereocenters. The average molecular weight is 366 g/mol. The van der Waals surface area contributed by atoms with Gasteiger partial charge in [-0.2, -0.15) is 0 Å². The molecule has 27 heavy (non-hydrogen) atoms. The van der Waals surface area contributed by atoms with Gasteiger partial charge in [0.05, 0.1) is 0 Å². The topological polar surface area (TPSA) is 87.5 Å². The fourth-order valence-corrected chi connectivity index (χ4v) is 3.37. The molecule has 1 heterocycles. The first-order valence-electron chi connectivity index (χ1n) is 9.33. The van der Waals surface area contributed by atoms with Crippen molar-refractivity contribution < 1.29 is 9.59 Å². The van der Waals surface area contributed by atoms with E-state index in [2.05, 4.69) is 10.6 Å². The number of rotatable bonds is 4. The first-order chi connectivity index (χ1) is 13.1. The number of aryl methyl sites for hydroxylation is 1. The van der Waals surface area contributed by atoms with Crippen molar-refractivity contribution in [2.45, 2.75) is 32.2 Å². The third-order valence-corrected chi connectivity index (χ3v) is 4.92. The van der Waals surface area contributed by atoms with Crippen LogP contribution in [0, 0.1) is 6.92 Å². The van der Waals surface area contributed by atoms with Crippen LogP contribution in [0.25, 0.3) is 0 Å². The summed E-state index contributed by atoms with van der Waals surface area (Å²) in [5.74, 6) is -0.0309. The van der Waals surface area contributed by atoms with Gasteiger partial charge in [-0.1, -0.05) is 24.3 Å². The fraction of sp³-hybridized carbons (Fsp3) is 0.333. The van der Waals surface area contributed by atoms with E-state index >= 15 is 0 Å². The Hall–Kier alpha value is -2.86. The number of hydrogen-bond donors (Lipinski definition) is 3. The number of amides is 3. The predicted octanol–water partition coefficient (Wildman–Crippen LogP) is 3.59. The molecular weight excluding hydrogens is 340 g/mol. The molecule has 6 heteroatoms. The highest BCUT2D eigenvalue weighted by molar-refractivity contribution is 6.02. The number of carbonyl (C=O) groups is 2. The molecule has 1 aliphatic rings. The molecule has 142 valence electrons. The second-order valence-electron chi connectivity index (χ2n) is 6.86. The first-order valence-corrected chi connectivity index (χ1v) is 9.33. The Morgan fingerprint density at radius 1 is 1.11 bits per heavy atom. The van der Waals surface area contributed by atoms with Crippen LogP contribution in [0.5, 0.6) is 0 Å². The number of nitrogens with one attached hydrogen (secondary N) is 2. The molecule has 2 aromatic carbocycles. The molecule has 0 radical (unpaired) electrons.